The summed E-state index contributed by atoms with van der Waals surface area (Å²) >= 11 is 0. The number of carbonyl (C=O) groups is 1. The fourth-order valence-electron chi connectivity index (χ4n) is 2.74. The number of amides is 1. The smallest absolute Gasteiger partial charge is 0.284 e. The van der Waals surface area contributed by atoms with Gasteiger partial charge < -0.3 is 18.9 Å². The van der Waals surface area contributed by atoms with Crippen molar-refractivity contribution in [3.63, 3.8) is 0 Å². The number of aryl methyl sites for hydroxylation is 1. The molecule has 2 heterocycles. The van der Waals surface area contributed by atoms with Crippen LogP contribution in [0.3, 0.4) is 0 Å². The normalized spacial score (nSPS) is 23.0. The lowest BCUT2D eigenvalue weighted by Crippen LogP contribution is -2.42. The molecule has 0 radical (unpaired) electrons. The Bertz CT molecular complexity index is 558. The first-order valence-corrected chi connectivity index (χ1v) is 8.24. The van der Waals surface area contributed by atoms with E-state index in [1.807, 2.05) is 12.1 Å². The molecule has 0 aromatic heterocycles. The Labute approximate surface area is 141 Å². The minimum atomic E-state index is -0.584. The molecule has 1 fully saturated rings. The molecule has 0 spiro atoms. The third-order valence-electron chi connectivity index (χ3n) is 4.05. The maximum absolute atomic E-state index is 12.2. The first-order valence-electron chi connectivity index (χ1n) is 8.24. The van der Waals surface area contributed by atoms with Gasteiger partial charge in [-0.1, -0.05) is 6.07 Å². The fourth-order valence-corrected chi connectivity index (χ4v) is 2.74. The topological polar surface area (TPSA) is 75.3 Å². The molecular formula is C17H23NO6. The molecule has 2 aliphatic heterocycles. The third kappa shape index (κ3) is 4.37. The van der Waals surface area contributed by atoms with Crippen molar-refractivity contribution < 1.29 is 28.6 Å². The van der Waals surface area contributed by atoms with Crippen LogP contribution in [-0.2, 0) is 25.5 Å². The average Bonchev–Trinajstić information content (AvgIpc) is 2.64. The van der Waals surface area contributed by atoms with Crippen molar-refractivity contribution in [2.75, 3.05) is 20.5 Å². The van der Waals surface area contributed by atoms with Gasteiger partial charge in [0, 0.05) is 26.2 Å². The number of benzene rings is 1. The van der Waals surface area contributed by atoms with Gasteiger partial charge in [0.25, 0.3) is 5.91 Å². The molecule has 2 unspecified atom stereocenters. The maximum atomic E-state index is 12.2. The second kappa shape index (κ2) is 8.32. The lowest BCUT2D eigenvalue weighted by Gasteiger charge is -2.27. The molecule has 1 N–H and O–H groups in total. The quantitative estimate of drug-likeness (QED) is 0.631. The van der Waals surface area contributed by atoms with E-state index in [4.69, 9.17) is 23.8 Å². The molecule has 1 saturated heterocycles. The first kappa shape index (κ1) is 17.0. The Kier molecular flexibility index (Phi) is 5.90. The molecule has 2 atom stereocenters. The van der Waals surface area contributed by atoms with Gasteiger partial charge in [-0.3, -0.25) is 4.79 Å². The van der Waals surface area contributed by atoms with E-state index in [9.17, 15) is 4.79 Å². The monoisotopic (exact) mass is 337 g/mol. The summed E-state index contributed by atoms with van der Waals surface area (Å²) < 4.78 is 21.5. The van der Waals surface area contributed by atoms with Gasteiger partial charge in [0.2, 0.25) is 0 Å². The zero-order valence-corrected chi connectivity index (χ0v) is 13.8. The highest BCUT2D eigenvalue weighted by Crippen LogP contribution is 2.31. The van der Waals surface area contributed by atoms with Crippen LogP contribution in [0, 0.1) is 0 Å². The predicted molar refractivity (Wildman–Crippen MR) is 84.5 cm³/mol. The van der Waals surface area contributed by atoms with Crippen LogP contribution < -0.4 is 15.0 Å². The van der Waals surface area contributed by atoms with Gasteiger partial charge in [-0.15, -0.1) is 0 Å². The molecular weight excluding hydrogens is 314 g/mol. The van der Waals surface area contributed by atoms with Crippen LogP contribution >= 0.6 is 0 Å². The Balaban J connectivity index is 1.53. The molecule has 3 rings (SSSR count). The van der Waals surface area contributed by atoms with Crippen LogP contribution in [0.1, 0.15) is 31.2 Å². The van der Waals surface area contributed by atoms with Crippen molar-refractivity contribution in [3.8, 4) is 11.5 Å². The largest absolute Gasteiger partial charge is 0.480 e. The minimum absolute atomic E-state index is 0.165. The van der Waals surface area contributed by atoms with Crippen molar-refractivity contribution >= 4 is 5.91 Å². The summed E-state index contributed by atoms with van der Waals surface area (Å²) in [6.07, 6.45) is 3.27. The summed E-state index contributed by atoms with van der Waals surface area (Å²) in [6, 6.07) is 5.59. The van der Waals surface area contributed by atoms with Crippen LogP contribution in [0.15, 0.2) is 18.2 Å². The van der Waals surface area contributed by atoms with Crippen molar-refractivity contribution in [1.82, 2.24) is 5.48 Å². The molecule has 7 heteroatoms. The minimum Gasteiger partial charge on any atom is -0.480 e. The number of hydroxylamine groups is 1. The lowest BCUT2D eigenvalue weighted by molar-refractivity contribution is -0.203. The van der Waals surface area contributed by atoms with Gasteiger partial charge in [0.1, 0.15) is 11.5 Å². The van der Waals surface area contributed by atoms with E-state index in [0.717, 1.165) is 31.2 Å². The first-order chi connectivity index (χ1) is 11.8. The maximum Gasteiger partial charge on any atom is 0.284 e. The van der Waals surface area contributed by atoms with Gasteiger partial charge in [0.15, 0.2) is 19.2 Å². The molecule has 7 nitrogen and oxygen atoms in total. The SMILES string of the molecule is COCOc1ccc2c(c1)OC(C(=O)NOC1CCCCO1)CC2. The molecule has 0 bridgehead atoms. The van der Waals surface area contributed by atoms with Crippen molar-refractivity contribution in [2.24, 2.45) is 0 Å². The molecule has 0 aliphatic carbocycles. The lowest BCUT2D eigenvalue weighted by atomic mass is 10.0. The number of nitrogens with one attached hydrogen (secondary N) is 1. The van der Waals surface area contributed by atoms with Crippen LogP contribution in [0.5, 0.6) is 11.5 Å². The Morgan fingerprint density at radius 1 is 1.33 bits per heavy atom. The van der Waals surface area contributed by atoms with E-state index < -0.39 is 6.10 Å². The van der Waals surface area contributed by atoms with Gasteiger partial charge in [-0.25, -0.2) is 10.3 Å². The van der Waals surface area contributed by atoms with E-state index >= 15 is 0 Å². The van der Waals surface area contributed by atoms with E-state index in [2.05, 4.69) is 5.48 Å². The van der Waals surface area contributed by atoms with Crippen molar-refractivity contribution in [3.05, 3.63) is 23.8 Å². The number of carbonyl (C=O) groups excluding carboxylic acids is 1. The Morgan fingerprint density at radius 3 is 3.04 bits per heavy atom. The highest BCUT2D eigenvalue weighted by atomic mass is 16.8. The van der Waals surface area contributed by atoms with Crippen molar-refractivity contribution in [1.29, 1.82) is 0 Å². The second-order valence-corrected chi connectivity index (χ2v) is 5.85. The van der Waals surface area contributed by atoms with Crippen molar-refractivity contribution in [2.45, 2.75) is 44.5 Å². The zero-order valence-electron chi connectivity index (χ0n) is 13.8. The summed E-state index contributed by atoms with van der Waals surface area (Å²) in [4.78, 5) is 17.6. The third-order valence-corrected chi connectivity index (χ3v) is 4.05. The summed E-state index contributed by atoms with van der Waals surface area (Å²) in [5.74, 6) is 1.01. The van der Waals surface area contributed by atoms with Crippen LogP contribution in [0.25, 0.3) is 0 Å². The number of ether oxygens (including phenoxy) is 4. The number of methoxy groups -OCH3 is 1. The van der Waals surface area contributed by atoms with Gasteiger partial charge in [0.05, 0.1) is 0 Å². The number of hydrogen-bond donors (Lipinski definition) is 1. The molecule has 132 valence electrons. The zero-order chi connectivity index (χ0) is 16.8. The summed E-state index contributed by atoms with van der Waals surface area (Å²) in [7, 11) is 1.56. The second-order valence-electron chi connectivity index (χ2n) is 5.85. The van der Waals surface area contributed by atoms with Crippen LogP contribution in [-0.4, -0.2) is 38.8 Å². The Hall–Kier alpha value is -1.83. The molecule has 1 aromatic carbocycles. The summed E-state index contributed by atoms with van der Waals surface area (Å²) in [5.41, 5.74) is 3.52. The standard InChI is InChI=1S/C17H23NO6/c1-20-11-22-13-7-5-12-6-8-14(23-15(12)10-13)17(19)18-24-16-4-2-3-9-21-16/h5,7,10,14,16H,2-4,6,8-9,11H2,1H3,(H,18,19). The van der Waals surface area contributed by atoms with Gasteiger partial charge in [-0.05, 0) is 37.3 Å². The van der Waals surface area contributed by atoms with E-state index in [0.29, 0.717) is 24.5 Å². The molecule has 2 aliphatic rings. The van der Waals surface area contributed by atoms with E-state index in [1.54, 1.807) is 13.2 Å². The van der Waals surface area contributed by atoms with Gasteiger partial charge in [-0.2, -0.15) is 0 Å². The predicted octanol–water partition coefficient (Wildman–Crippen LogP) is 1.94. The molecule has 0 saturated carbocycles. The average molecular weight is 337 g/mol. The van der Waals surface area contributed by atoms with E-state index in [1.165, 1.54) is 0 Å². The highest BCUT2D eigenvalue weighted by Gasteiger charge is 2.27. The van der Waals surface area contributed by atoms with Gasteiger partial charge >= 0.3 is 0 Å². The van der Waals surface area contributed by atoms with Crippen LogP contribution in [0.2, 0.25) is 0 Å². The molecule has 1 aromatic rings. The van der Waals surface area contributed by atoms with Crippen LogP contribution in [0.4, 0.5) is 0 Å². The highest BCUT2D eigenvalue weighted by molar-refractivity contribution is 5.80. The van der Waals surface area contributed by atoms with E-state index in [-0.39, 0.29) is 19.0 Å². The Morgan fingerprint density at radius 2 is 2.25 bits per heavy atom. The number of rotatable bonds is 6. The summed E-state index contributed by atoms with van der Waals surface area (Å²) in [5, 5.41) is 0. The molecule has 24 heavy (non-hydrogen) atoms. The molecule has 1 amide bonds. The number of fused-ring (bicyclic) bond motifs is 1. The fraction of sp³-hybridized carbons (Fsp3) is 0.588. The number of hydrogen-bond acceptors (Lipinski definition) is 6. The summed E-state index contributed by atoms with van der Waals surface area (Å²) in [6.45, 7) is 0.829.